The Bertz CT molecular complexity index is 402. The minimum atomic E-state index is -0.363. The van der Waals surface area contributed by atoms with Crippen molar-refractivity contribution in [3.8, 4) is 5.75 Å². The Morgan fingerprint density at radius 3 is 2.87 bits per heavy atom. The van der Waals surface area contributed by atoms with Crippen LogP contribution < -0.4 is 5.32 Å². The van der Waals surface area contributed by atoms with Gasteiger partial charge in [-0.05, 0) is 25.1 Å². The van der Waals surface area contributed by atoms with Crippen molar-refractivity contribution in [3.05, 3.63) is 40.9 Å². The van der Waals surface area contributed by atoms with Crippen LogP contribution in [0.1, 0.15) is 17.3 Å². The molecule has 1 aromatic rings. The molecule has 15 heavy (non-hydrogen) atoms. The molecule has 0 aromatic heterocycles. The Morgan fingerprint density at radius 1 is 1.60 bits per heavy atom. The van der Waals surface area contributed by atoms with Gasteiger partial charge in [-0.25, -0.2) is 0 Å². The molecular weight excluding hydrogens is 214 g/mol. The molecule has 0 bridgehead atoms. The number of carbonyl (C=O) groups is 1. The average Bonchev–Trinajstić information content (AvgIpc) is 2.18. The molecule has 0 unspecified atom stereocenters. The maximum atomic E-state index is 11.6. The van der Waals surface area contributed by atoms with E-state index in [9.17, 15) is 9.90 Å². The standard InChI is InChI=1S/C11H12ClNO2/c1-7(2)6-13-11(15)9-5-8(12)3-4-10(9)14/h3-5,14H,1,6H2,2H3,(H,13,15). The second-order valence-corrected chi connectivity index (χ2v) is 3.74. The van der Waals surface area contributed by atoms with E-state index in [0.29, 0.717) is 11.6 Å². The lowest BCUT2D eigenvalue weighted by atomic mass is 10.2. The number of carbonyl (C=O) groups excluding carboxylic acids is 1. The highest BCUT2D eigenvalue weighted by molar-refractivity contribution is 6.31. The van der Waals surface area contributed by atoms with Gasteiger partial charge in [0.2, 0.25) is 0 Å². The first-order valence-corrected chi connectivity index (χ1v) is 4.79. The summed E-state index contributed by atoms with van der Waals surface area (Å²) in [4.78, 5) is 11.6. The van der Waals surface area contributed by atoms with Crippen molar-refractivity contribution < 1.29 is 9.90 Å². The smallest absolute Gasteiger partial charge is 0.255 e. The Hall–Kier alpha value is -1.48. The first-order valence-electron chi connectivity index (χ1n) is 4.42. The van der Waals surface area contributed by atoms with Gasteiger partial charge in [0.15, 0.2) is 0 Å². The van der Waals surface area contributed by atoms with Gasteiger partial charge in [-0.1, -0.05) is 23.8 Å². The van der Waals surface area contributed by atoms with Crippen molar-refractivity contribution in [1.29, 1.82) is 0 Å². The maximum Gasteiger partial charge on any atom is 0.255 e. The van der Waals surface area contributed by atoms with Gasteiger partial charge in [0.1, 0.15) is 5.75 Å². The molecule has 0 spiro atoms. The molecule has 4 heteroatoms. The molecular formula is C11H12ClNO2. The lowest BCUT2D eigenvalue weighted by Gasteiger charge is -2.06. The van der Waals surface area contributed by atoms with E-state index in [4.69, 9.17) is 11.6 Å². The van der Waals surface area contributed by atoms with E-state index in [0.717, 1.165) is 5.57 Å². The number of hydrogen-bond acceptors (Lipinski definition) is 2. The van der Waals surface area contributed by atoms with E-state index in [2.05, 4.69) is 11.9 Å². The van der Waals surface area contributed by atoms with E-state index in [1.54, 1.807) is 6.92 Å². The van der Waals surface area contributed by atoms with E-state index >= 15 is 0 Å². The Balaban J connectivity index is 2.81. The number of phenols is 1. The van der Waals surface area contributed by atoms with Crippen molar-refractivity contribution >= 4 is 17.5 Å². The molecule has 0 aliphatic carbocycles. The molecule has 1 aromatic carbocycles. The second kappa shape index (κ2) is 4.84. The monoisotopic (exact) mass is 225 g/mol. The molecule has 80 valence electrons. The predicted octanol–water partition coefficient (Wildman–Crippen LogP) is 2.35. The number of rotatable bonds is 3. The van der Waals surface area contributed by atoms with Crippen molar-refractivity contribution in [3.63, 3.8) is 0 Å². The molecule has 0 aliphatic rings. The average molecular weight is 226 g/mol. The lowest BCUT2D eigenvalue weighted by Crippen LogP contribution is -2.24. The molecule has 0 aliphatic heterocycles. The van der Waals surface area contributed by atoms with Crippen LogP contribution in [0.2, 0.25) is 5.02 Å². The zero-order chi connectivity index (χ0) is 11.4. The third kappa shape index (κ3) is 3.29. The highest BCUT2D eigenvalue weighted by atomic mass is 35.5. The molecule has 3 nitrogen and oxygen atoms in total. The van der Waals surface area contributed by atoms with E-state index in [-0.39, 0.29) is 17.2 Å². The first-order chi connectivity index (χ1) is 7.00. The number of aromatic hydroxyl groups is 1. The van der Waals surface area contributed by atoms with Crippen molar-refractivity contribution in [2.45, 2.75) is 6.92 Å². The summed E-state index contributed by atoms with van der Waals surface area (Å²) in [5.41, 5.74) is 1.01. The second-order valence-electron chi connectivity index (χ2n) is 3.30. The van der Waals surface area contributed by atoms with Crippen molar-refractivity contribution in [2.75, 3.05) is 6.54 Å². The fraction of sp³-hybridized carbons (Fsp3) is 0.182. The van der Waals surface area contributed by atoms with Crippen LogP contribution in [0.15, 0.2) is 30.4 Å². The number of phenolic OH excluding ortho intramolecular Hbond substituents is 1. The SMILES string of the molecule is C=C(C)CNC(=O)c1cc(Cl)ccc1O. The lowest BCUT2D eigenvalue weighted by molar-refractivity contribution is 0.0954. The predicted molar refractivity (Wildman–Crippen MR) is 60.3 cm³/mol. The number of hydrogen-bond donors (Lipinski definition) is 2. The van der Waals surface area contributed by atoms with Crippen LogP contribution in [0.5, 0.6) is 5.75 Å². The molecule has 0 radical (unpaired) electrons. The number of halogens is 1. The number of benzene rings is 1. The van der Waals surface area contributed by atoms with Gasteiger partial charge in [0, 0.05) is 11.6 Å². The molecule has 0 saturated heterocycles. The zero-order valence-electron chi connectivity index (χ0n) is 8.38. The molecule has 0 atom stereocenters. The highest BCUT2D eigenvalue weighted by Gasteiger charge is 2.10. The van der Waals surface area contributed by atoms with Gasteiger partial charge in [0.05, 0.1) is 5.56 Å². The fourth-order valence-corrected chi connectivity index (χ4v) is 1.19. The molecule has 1 amide bonds. The Morgan fingerprint density at radius 2 is 2.27 bits per heavy atom. The molecule has 1 rings (SSSR count). The molecule has 0 heterocycles. The van der Waals surface area contributed by atoms with Gasteiger partial charge in [-0.3, -0.25) is 4.79 Å². The van der Waals surface area contributed by atoms with Crippen molar-refractivity contribution in [1.82, 2.24) is 5.32 Å². The number of nitrogens with one attached hydrogen (secondary N) is 1. The summed E-state index contributed by atoms with van der Waals surface area (Å²) in [5, 5.41) is 12.4. The Kier molecular flexibility index (Phi) is 3.74. The number of amides is 1. The van der Waals surface area contributed by atoms with Gasteiger partial charge >= 0.3 is 0 Å². The molecule has 0 saturated carbocycles. The van der Waals surface area contributed by atoms with Crippen LogP contribution in [-0.4, -0.2) is 17.6 Å². The quantitative estimate of drug-likeness (QED) is 0.776. The van der Waals surface area contributed by atoms with Crippen LogP contribution in [-0.2, 0) is 0 Å². The van der Waals surface area contributed by atoms with Crippen molar-refractivity contribution in [2.24, 2.45) is 0 Å². The highest BCUT2D eigenvalue weighted by Crippen LogP contribution is 2.21. The zero-order valence-corrected chi connectivity index (χ0v) is 9.14. The largest absolute Gasteiger partial charge is 0.507 e. The van der Waals surface area contributed by atoms with E-state index in [1.165, 1.54) is 18.2 Å². The first kappa shape index (κ1) is 11.6. The topological polar surface area (TPSA) is 49.3 Å². The summed E-state index contributed by atoms with van der Waals surface area (Å²) in [6.45, 7) is 5.84. The molecule has 0 fully saturated rings. The van der Waals surface area contributed by atoms with Crippen LogP contribution in [0.4, 0.5) is 0 Å². The van der Waals surface area contributed by atoms with Crippen LogP contribution in [0, 0.1) is 0 Å². The van der Waals surface area contributed by atoms with Gasteiger partial charge in [-0.15, -0.1) is 0 Å². The Labute approximate surface area is 93.4 Å². The van der Waals surface area contributed by atoms with Gasteiger partial charge in [0.25, 0.3) is 5.91 Å². The third-order valence-corrected chi connectivity index (χ3v) is 1.99. The van der Waals surface area contributed by atoms with Gasteiger partial charge < -0.3 is 10.4 Å². The summed E-state index contributed by atoms with van der Waals surface area (Å²) < 4.78 is 0. The fourth-order valence-electron chi connectivity index (χ4n) is 1.02. The van der Waals surface area contributed by atoms with E-state index < -0.39 is 0 Å². The molecule has 2 N–H and O–H groups in total. The summed E-state index contributed by atoms with van der Waals surface area (Å²) >= 11 is 5.71. The van der Waals surface area contributed by atoms with Crippen LogP contribution in [0.3, 0.4) is 0 Å². The minimum absolute atomic E-state index is 0.0846. The summed E-state index contributed by atoms with van der Waals surface area (Å²) in [6, 6.07) is 4.33. The maximum absolute atomic E-state index is 11.6. The summed E-state index contributed by atoms with van der Waals surface area (Å²) in [6.07, 6.45) is 0. The van der Waals surface area contributed by atoms with Gasteiger partial charge in [-0.2, -0.15) is 0 Å². The normalized spacial score (nSPS) is 9.73. The third-order valence-electron chi connectivity index (χ3n) is 1.75. The summed E-state index contributed by atoms with van der Waals surface area (Å²) in [7, 11) is 0. The summed E-state index contributed by atoms with van der Waals surface area (Å²) in [5.74, 6) is -0.448. The van der Waals surface area contributed by atoms with Crippen LogP contribution in [0.25, 0.3) is 0 Å². The van der Waals surface area contributed by atoms with E-state index in [1.807, 2.05) is 0 Å². The van der Waals surface area contributed by atoms with Crippen LogP contribution >= 0.6 is 11.6 Å². The minimum Gasteiger partial charge on any atom is -0.507 e.